The number of piperazine rings is 1. The maximum Gasteiger partial charge on any atom is 0.272 e. The largest absolute Gasteiger partial charge is 0.490 e. The van der Waals surface area contributed by atoms with Crippen LogP contribution in [-0.4, -0.2) is 113 Å². The number of nitrogens with zero attached hydrogens (tertiary/aromatic N) is 7. The molecule has 5 aliphatic heterocycles. The Morgan fingerprint density at radius 2 is 1.69 bits per heavy atom. The number of likely N-dealkylation sites (tertiary alicyclic amines) is 1. The quantitative estimate of drug-likeness (QED) is 0.301. The van der Waals surface area contributed by atoms with Gasteiger partial charge in [0, 0.05) is 63.3 Å². The normalized spacial score (nSPS) is 29.7. The van der Waals surface area contributed by atoms with E-state index in [0.717, 1.165) is 68.5 Å². The van der Waals surface area contributed by atoms with Crippen LogP contribution in [0.15, 0.2) is 42.5 Å². The Morgan fingerprint density at radius 1 is 0.932 bits per heavy atom. The minimum absolute atomic E-state index is 0.00680. The molecule has 1 aromatic heterocycles. The highest BCUT2D eigenvalue weighted by atomic mass is 35.5. The van der Waals surface area contributed by atoms with E-state index in [1.54, 1.807) is 24.3 Å². The van der Waals surface area contributed by atoms with Gasteiger partial charge in [-0.1, -0.05) is 11.6 Å². The van der Waals surface area contributed by atoms with E-state index in [0.29, 0.717) is 64.9 Å². The van der Waals surface area contributed by atoms with Crippen molar-refractivity contribution in [2.24, 2.45) is 17.8 Å². The third-order valence-electron chi connectivity index (χ3n) is 13.6. The lowest BCUT2D eigenvalue weighted by Crippen LogP contribution is -2.54. The molecule has 5 amide bonds. The van der Waals surface area contributed by atoms with E-state index in [2.05, 4.69) is 30.6 Å². The summed E-state index contributed by atoms with van der Waals surface area (Å²) in [6.45, 7) is 4.05. The number of nitriles is 1. The SMILES string of the molecule is N#Cc1ccc(OC2CCC(NC(=O)c3ccc(N4CC5CC4CN5C[C@H]4[C@@H]5CN(c6cc7c(cc6F)C(=O)N(C6CCC(=O)NC6=O)C7=O)C[C@@H]54)nn3)CC2)cc1Cl. The molecule has 10 rings (SSSR count). The van der Waals surface area contributed by atoms with E-state index in [-0.39, 0.29) is 47.7 Å². The van der Waals surface area contributed by atoms with Crippen LogP contribution in [0.3, 0.4) is 0 Å². The minimum atomic E-state index is -1.10. The van der Waals surface area contributed by atoms with Gasteiger partial charge in [0.1, 0.15) is 23.7 Å². The molecule has 2 aliphatic carbocycles. The number of imide groups is 2. The van der Waals surface area contributed by atoms with Crippen molar-refractivity contribution in [3.63, 3.8) is 0 Å². The summed E-state index contributed by atoms with van der Waals surface area (Å²) in [6.07, 6.45) is 4.20. The molecule has 7 aliphatic rings. The fourth-order valence-corrected chi connectivity index (χ4v) is 10.6. The first-order valence-corrected chi connectivity index (χ1v) is 20.7. The molecule has 17 heteroatoms. The molecule has 6 heterocycles. The zero-order valence-electron chi connectivity index (χ0n) is 32.0. The fraction of sp³-hybridized carbons (Fsp3) is 0.476. The zero-order chi connectivity index (χ0) is 40.7. The predicted molar refractivity (Wildman–Crippen MR) is 209 cm³/mol. The summed E-state index contributed by atoms with van der Waals surface area (Å²) in [4.78, 5) is 71.3. The van der Waals surface area contributed by atoms with Crippen LogP contribution in [0.1, 0.15) is 81.7 Å². The van der Waals surface area contributed by atoms with Crippen LogP contribution in [0, 0.1) is 34.9 Å². The number of aromatic nitrogens is 2. The number of amides is 5. The lowest BCUT2D eigenvalue weighted by Gasteiger charge is -2.35. The van der Waals surface area contributed by atoms with Gasteiger partial charge in [0.2, 0.25) is 11.8 Å². The highest BCUT2D eigenvalue weighted by Gasteiger charge is 2.58. The summed E-state index contributed by atoms with van der Waals surface area (Å²) < 4.78 is 21.6. The van der Waals surface area contributed by atoms with Crippen molar-refractivity contribution in [3.8, 4) is 11.8 Å². The smallest absolute Gasteiger partial charge is 0.272 e. The summed E-state index contributed by atoms with van der Waals surface area (Å²) in [6, 6.07) is 12.9. The molecule has 2 N–H and O–H groups in total. The molecule has 0 spiro atoms. The maximum absolute atomic E-state index is 15.5. The first-order chi connectivity index (χ1) is 28.5. The van der Waals surface area contributed by atoms with Crippen molar-refractivity contribution >= 4 is 52.6 Å². The van der Waals surface area contributed by atoms with Crippen LogP contribution in [-0.2, 0) is 9.59 Å². The molecule has 4 saturated heterocycles. The second-order valence-corrected chi connectivity index (χ2v) is 17.3. The summed E-state index contributed by atoms with van der Waals surface area (Å²) >= 11 is 6.15. The van der Waals surface area contributed by atoms with Crippen molar-refractivity contribution in [2.75, 3.05) is 42.5 Å². The van der Waals surface area contributed by atoms with Gasteiger partial charge in [-0.15, -0.1) is 10.2 Å². The van der Waals surface area contributed by atoms with Gasteiger partial charge in [-0.25, -0.2) is 4.39 Å². The highest BCUT2D eigenvalue weighted by Crippen LogP contribution is 2.54. The summed E-state index contributed by atoms with van der Waals surface area (Å²) in [5.74, 6) is -0.584. The average Bonchev–Trinajstić information content (AvgIpc) is 3.70. The number of benzene rings is 2. The number of hydrogen-bond donors (Lipinski definition) is 2. The van der Waals surface area contributed by atoms with E-state index in [9.17, 15) is 24.0 Å². The number of rotatable bonds is 9. The number of halogens is 2. The Kier molecular flexibility index (Phi) is 9.28. The van der Waals surface area contributed by atoms with Crippen LogP contribution >= 0.6 is 11.6 Å². The topological polar surface area (TPSA) is 181 Å². The molecular weight excluding hydrogens is 781 g/mol. The second-order valence-electron chi connectivity index (χ2n) is 16.9. The van der Waals surface area contributed by atoms with E-state index in [1.165, 1.54) is 6.07 Å². The molecule has 304 valence electrons. The van der Waals surface area contributed by atoms with Crippen LogP contribution in [0.2, 0.25) is 5.02 Å². The lowest BCUT2D eigenvalue weighted by molar-refractivity contribution is -0.136. The highest BCUT2D eigenvalue weighted by molar-refractivity contribution is 6.31. The molecule has 3 aromatic rings. The molecule has 0 radical (unpaired) electrons. The van der Waals surface area contributed by atoms with E-state index < -0.39 is 35.5 Å². The van der Waals surface area contributed by atoms with Crippen molar-refractivity contribution in [3.05, 3.63) is 75.7 Å². The summed E-state index contributed by atoms with van der Waals surface area (Å²) in [5.41, 5.74) is 1.02. The average molecular weight is 822 g/mol. The number of nitrogens with one attached hydrogen (secondary N) is 2. The molecule has 2 aromatic carbocycles. The Morgan fingerprint density at radius 3 is 2.36 bits per heavy atom. The van der Waals surface area contributed by atoms with Gasteiger partial charge in [0.05, 0.1) is 33.5 Å². The van der Waals surface area contributed by atoms with Gasteiger partial charge < -0.3 is 19.9 Å². The molecule has 59 heavy (non-hydrogen) atoms. The Labute approximate surface area is 343 Å². The van der Waals surface area contributed by atoms with E-state index in [1.807, 2.05) is 17.0 Å². The monoisotopic (exact) mass is 821 g/mol. The van der Waals surface area contributed by atoms with Gasteiger partial charge in [0.25, 0.3) is 17.7 Å². The molecule has 15 nitrogen and oxygen atoms in total. The number of piperidine rings is 2. The number of ether oxygens (including phenoxy) is 1. The number of hydrogen-bond acceptors (Lipinski definition) is 12. The predicted octanol–water partition coefficient (Wildman–Crippen LogP) is 3.31. The first kappa shape index (κ1) is 37.6. The maximum atomic E-state index is 15.5. The number of carbonyl (C=O) groups is 5. The third kappa shape index (κ3) is 6.73. The Bertz CT molecular complexity index is 2320. The molecule has 6 atom stereocenters. The van der Waals surface area contributed by atoms with Gasteiger partial charge in [0.15, 0.2) is 11.5 Å². The summed E-state index contributed by atoms with van der Waals surface area (Å²) in [5, 5.41) is 23.5. The van der Waals surface area contributed by atoms with Crippen LogP contribution in [0.25, 0.3) is 0 Å². The van der Waals surface area contributed by atoms with Gasteiger partial charge in [-0.05, 0) is 92.7 Å². The molecule has 2 bridgehead atoms. The molecular formula is C42H41ClFN9O6. The molecule has 6 fully saturated rings. The lowest BCUT2D eigenvalue weighted by atomic mass is 9.93. The van der Waals surface area contributed by atoms with Crippen LogP contribution in [0.5, 0.6) is 5.75 Å². The molecule has 2 saturated carbocycles. The minimum Gasteiger partial charge on any atom is -0.490 e. The fourth-order valence-electron chi connectivity index (χ4n) is 10.4. The van der Waals surface area contributed by atoms with Gasteiger partial charge >= 0.3 is 0 Å². The van der Waals surface area contributed by atoms with E-state index in [4.69, 9.17) is 21.6 Å². The molecule has 3 unspecified atom stereocenters. The van der Waals surface area contributed by atoms with Crippen molar-refractivity contribution in [1.82, 2.24) is 30.6 Å². The van der Waals surface area contributed by atoms with Gasteiger partial charge in [-0.3, -0.25) is 39.1 Å². The van der Waals surface area contributed by atoms with Crippen LogP contribution < -0.4 is 25.2 Å². The first-order valence-electron chi connectivity index (χ1n) is 20.3. The van der Waals surface area contributed by atoms with Crippen molar-refractivity contribution in [1.29, 1.82) is 5.26 Å². The van der Waals surface area contributed by atoms with E-state index >= 15 is 4.39 Å². The van der Waals surface area contributed by atoms with Gasteiger partial charge in [-0.2, -0.15) is 5.26 Å². The third-order valence-corrected chi connectivity index (χ3v) is 13.9. The number of fused-ring (bicyclic) bond motifs is 4. The second kappa shape index (κ2) is 14.6. The Hall–Kier alpha value is -5.66. The number of anilines is 2. The van der Waals surface area contributed by atoms with Crippen molar-refractivity contribution < 1.29 is 33.1 Å². The van der Waals surface area contributed by atoms with Crippen molar-refractivity contribution in [2.45, 2.75) is 75.2 Å². The number of carbonyl (C=O) groups excluding carboxylic acids is 5. The Balaban J connectivity index is 0.682. The standard InChI is InChI=1S/C42H41ClFN9O6/c43-32-12-26(4-1-21(32)15-45)59-25-5-2-22(3-6-25)46-39(55)34-7-9-37(49-48-34)52-17-23-11-24(52)16-50(23)18-29-30-19-51(20-31(29)30)36-14-28-27(13-33(36)44)41(57)53(42(28)58)35-8-10-38(54)47-40(35)56/h1,4,7,9,12-14,22-25,29-31,35H,2-3,5-6,8,10-11,16-20H2,(H,46,55)(H,47,54,56)/t22?,23?,24?,25?,29-,30-,31+,35?. The van der Waals surface area contributed by atoms with Crippen LogP contribution in [0.4, 0.5) is 15.9 Å². The zero-order valence-corrected chi connectivity index (χ0v) is 32.7. The summed E-state index contributed by atoms with van der Waals surface area (Å²) in [7, 11) is 0.